The molecule has 0 aliphatic rings. The van der Waals surface area contributed by atoms with Crippen molar-refractivity contribution in [2.75, 3.05) is 5.32 Å². The third-order valence-corrected chi connectivity index (χ3v) is 3.17. The summed E-state index contributed by atoms with van der Waals surface area (Å²) in [6.45, 7) is 3.80. The van der Waals surface area contributed by atoms with E-state index >= 15 is 0 Å². The molecule has 1 aromatic carbocycles. The van der Waals surface area contributed by atoms with E-state index in [1.54, 1.807) is 4.68 Å². The Morgan fingerprint density at radius 1 is 1.50 bits per heavy atom. The summed E-state index contributed by atoms with van der Waals surface area (Å²) in [7, 11) is 0. The molecule has 106 valence electrons. The first-order valence-electron chi connectivity index (χ1n) is 6.22. The molecule has 1 heterocycles. The van der Waals surface area contributed by atoms with Crippen LogP contribution in [-0.2, 0) is 4.79 Å². The normalized spacial score (nSPS) is 12.2. The molecule has 0 unspecified atom stereocenters. The van der Waals surface area contributed by atoms with Gasteiger partial charge in [-0.3, -0.25) is 9.48 Å². The first kappa shape index (κ1) is 14.5. The third kappa shape index (κ3) is 3.57. The van der Waals surface area contributed by atoms with Crippen molar-refractivity contribution in [1.29, 1.82) is 0 Å². The van der Waals surface area contributed by atoms with Gasteiger partial charge >= 0.3 is 0 Å². The van der Waals surface area contributed by atoms with Gasteiger partial charge in [-0.25, -0.2) is 4.39 Å². The monoisotopic (exact) mass is 295 g/mol. The summed E-state index contributed by atoms with van der Waals surface area (Å²) in [6, 6.07) is 5.91. The number of benzene rings is 1. The second-order valence-electron chi connectivity index (χ2n) is 4.67. The van der Waals surface area contributed by atoms with Crippen molar-refractivity contribution in [2.45, 2.75) is 26.3 Å². The van der Waals surface area contributed by atoms with Gasteiger partial charge in [-0.05, 0) is 38.1 Å². The number of anilines is 1. The number of aromatic nitrogens is 2. The van der Waals surface area contributed by atoms with E-state index in [1.165, 1.54) is 18.2 Å². The fourth-order valence-electron chi connectivity index (χ4n) is 1.83. The Morgan fingerprint density at radius 3 is 2.85 bits per heavy atom. The predicted octanol–water partition coefficient (Wildman–Crippen LogP) is 3.57. The lowest BCUT2D eigenvalue weighted by Gasteiger charge is -2.12. The molecule has 0 saturated heterocycles. The molecule has 0 aliphatic heterocycles. The van der Waals surface area contributed by atoms with Crippen molar-refractivity contribution in [3.8, 4) is 0 Å². The molecule has 0 bridgehead atoms. The van der Waals surface area contributed by atoms with Gasteiger partial charge in [0.25, 0.3) is 0 Å². The van der Waals surface area contributed by atoms with Crippen LogP contribution in [0.25, 0.3) is 0 Å². The number of rotatable bonds is 4. The molecule has 2 aromatic rings. The molecular formula is C14H15ClFN3O. The maximum Gasteiger partial charge on any atom is 0.226 e. The maximum absolute atomic E-state index is 13.0. The highest BCUT2D eigenvalue weighted by molar-refractivity contribution is 6.31. The number of halogens is 2. The van der Waals surface area contributed by atoms with Crippen LogP contribution in [0.3, 0.4) is 0 Å². The second-order valence-corrected chi connectivity index (χ2v) is 5.07. The average molecular weight is 296 g/mol. The predicted molar refractivity (Wildman–Crippen MR) is 76.3 cm³/mol. The standard InChI is InChI=1S/C14H15ClFN3O/c1-9-5-6-19(18-9)10(2)7-14(20)17-11-3-4-13(16)12(15)8-11/h3-6,8,10H,7H2,1-2H3,(H,17,20)/t10-/m1/s1. The molecule has 4 nitrogen and oxygen atoms in total. The highest BCUT2D eigenvalue weighted by Crippen LogP contribution is 2.20. The average Bonchev–Trinajstić information content (AvgIpc) is 2.80. The summed E-state index contributed by atoms with van der Waals surface area (Å²) in [5, 5.41) is 6.93. The second kappa shape index (κ2) is 6.05. The number of hydrogen-bond acceptors (Lipinski definition) is 2. The summed E-state index contributed by atoms with van der Waals surface area (Å²) in [5.74, 6) is -0.682. The van der Waals surface area contributed by atoms with E-state index in [-0.39, 0.29) is 23.4 Å². The number of nitrogens with zero attached hydrogens (tertiary/aromatic N) is 2. The Kier molecular flexibility index (Phi) is 4.39. The minimum absolute atomic E-state index is 0.0152. The first-order chi connectivity index (χ1) is 9.45. The largest absolute Gasteiger partial charge is 0.326 e. The summed E-state index contributed by atoms with van der Waals surface area (Å²) < 4.78 is 14.8. The fraction of sp³-hybridized carbons (Fsp3) is 0.286. The molecule has 1 atom stereocenters. The number of amides is 1. The molecule has 0 aliphatic carbocycles. The van der Waals surface area contributed by atoms with Crippen LogP contribution in [0.1, 0.15) is 25.1 Å². The number of nitrogens with one attached hydrogen (secondary N) is 1. The molecular weight excluding hydrogens is 281 g/mol. The molecule has 0 saturated carbocycles. The zero-order chi connectivity index (χ0) is 14.7. The van der Waals surface area contributed by atoms with Crippen molar-refractivity contribution in [3.05, 3.63) is 47.0 Å². The highest BCUT2D eigenvalue weighted by Gasteiger charge is 2.12. The van der Waals surface area contributed by atoms with E-state index in [1.807, 2.05) is 26.1 Å². The number of hydrogen-bond donors (Lipinski definition) is 1. The number of carbonyl (C=O) groups excluding carboxylic acids is 1. The Morgan fingerprint density at radius 2 is 2.25 bits per heavy atom. The molecule has 0 fully saturated rings. The molecule has 1 aromatic heterocycles. The lowest BCUT2D eigenvalue weighted by molar-refractivity contribution is -0.116. The van der Waals surface area contributed by atoms with Crippen LogP contribution >= 0.6 is 11.6 Å². The number of carbonyl (C=O) groups is 1. The van der Waals surface area contributed by atoms with E-state index in [4.69, 9.17) is 11.6 Å². The maximum atomic E-state index is 13.0. The van der Waals surface area contributed by atoms with Gasteiger partial charge in [0, 0.05) is 18.3 Å². The zero-order valence-electron chi connectivity index (χ0n) is 11.2. The van der Waals surface area contributed by atoms with E-state index < -0.39 is 5.82 Å². The van der Waals surface area contributed by atoms with Gasteiger partial charge in [-0.15, -0.1) is 0 Å². The fourth-order valence-corrected chi connectivity index (χ4v) is 2.01. The number of aryl methyl sites for hydroxylation is 1. The third-order valence-electron chi connectivity index (χ3n) is 2.88. The Balaban J connectivity index is 1.96. The minimum Gasteiger partial charge on any atom is -0.326 e. The zero-order valence-corrected chi connectivity index (χ0v) is 12.0. The SMILES string of the molecule is Cc1ccn([C@H](C)CC(=O)Nc2ccc(F)c(Cl)c2)n1. The quantitative estimate of drug-likeness (QED) is 0.937. The summed E-state index contributed by atoms with van der Waals surface area (Å²) in [4.78, 5) is 11.9. The lowest BCUT2D eigenvalue weighted by atomic mass is 10.2. The van der Waals surface area contributed by atoms with Gasteiger partial charge < -0.3 is 5.32 Å². The van der Waals surface area contributed by atoms with E-state index in [9.17, 15) is 9.18 Å². The van der Waals surface area contributed by atoms with E-state index in [0.717, 1.165) is 5.69 Å². The van der Waals surface area contributed by atoms with Crippen LogP contribution in [0.2, 0.25) is 5.02 Å². The summed E-state index contributed by atoms with van der Waals surface area (Å²) in [6.07, 6.45) is 2.11. The van der Waals surface area contributed by atoms with Crippen LogP contribution < -0.4 is 5.32 Å². The van der Waals surface area contributed by atoms with Crippen LogP contribution in [0.15, 0.2) is 30.5 Å². The van der Waals surface area contributed by atoms with Gasteiger partial charge in [0.15, 0.2) is 0 Å². The summed E-state index contributed by atoms with van der Waals surface area (Å²) >= 11 is 5.66. The molecule has 20 heavy (non-hydrogen) atoms. The van der Waals surface area contributed by atoms with Gasteiger partial charge in [0.2, 0.25) is 5.91 Å². The van der Waals surface area contributed by atoms with Crippen LogP contribution in [-0.4, -0.2) is 15.7 Å². The van der Waals surface area contributed by atoms with Crippen LogP contribution in [0.5, 0.6) is 0 Å². The lowest BCUT2D eigenvalue weighted by Crippen LogP contribution is -2.18. The van der Waals surface area contributed by atoms with Crippen LogP contribution in [0.4, 0.5) is 10.1 Å². The Bertz CT molecular complexity index is 627. The van der Waals surface area contributed by atoms with Gasteiger partial charge in [-0.2, -0.15) is 5.10 Å². The molecule has 1 amide bonds. The van der Waals surface area contributed by atoms with Crippen molar-refractivity contribution in [2.24, 2.45) is 0 Å². The van der Waals surface area contributed by atoms with Gasteiger partial charge in [0.05, 0.1) is 16.8 Å². The van der Waals surface area contributed by atoms with Crippen molar-refractivity contribution in [3.63, 3.8) is 0 Å². The van der Waals surface area contributed by atoms with E-state index in [2.05, 4.69) is 10.4 Å². The van der Waals surface area contributed by atoms with Crippen molar-refractivity contribution < 1.29 is 9.18 Å². The minimum atomic E-state index is -0.509. The molecule has 2 rings (SSSR count). The van der Waals surface area contributed by atoms with Crippen molar-refractivity contribution in [1.82, 2.24) is 9.78 Å². The highest BCUT2D eigenvalue weighted by atomic mass is 35.5. The first-order valence-corrected chi connectivity index (χ1v) is 6.60. The molecule has 6 heteroatoms. The molecule has 0 spiro atoms. The smallest absolute Gasteiger partial charge is 0.226 e. The van der Waals surface area contributed by atoms with Crippen LogP contribution in [0, 0.1) is 12.7 Å². The molecule has 0 radical (unpaired) electrons. The van der Waals surface area contributed by atoms with Gasteiger partial charge in [-0.1, -0.05) is 11.6 Å². The van der Waals surface area contributed by atoms with Gasteiger partial charge in [0.1, 0.15) is 5.82 Å². The Hall–Kier alpha value is -1.88. The topological polar surface area (TPSA) is 46.9 Å². The molecule has 1 N–H and O–H groups in total. The van der Waals surface area contributed by atoms with Crippen molar-refractivity contribution >= 4 is 23.2 Å². The summed E-state index contributed by atoms with van der Waals surface area (Å²) in [5.41, 5.74) is 1.38. The Labute approximate surface area is 121 Å². The van der Waals surface area contributed by atoms with E-state index in [0.29, 0.717) is 5.69 Å².